The summed E-state index contributed by atoms with van der Waals surface area (Å²) in [6, 6.07) is 1.54. The molecule has 0 bridgehead atoms. The molecule has 1 heterocycles. The Morgan fingerprint density at radius 2 is 1.82 bits per heavy atom. The topological polar surface area (TPSA) is 24.5 Å². The van der Waals surface area contributed by atoms with E-state index in [-0.39, 0.29) is 12.4 Å². The van der Waals surface area contributed by atoms with Crippen molar-refractivity contribution in [1.82, 2.24) is 10.2 Å². The highest BCUT2D eigenvalue weighted by atomic mass is 35.5. The van der Waals surface area contributed by atoms with E-state index in [9.17, 15) is 0 Å². The standard InChI is InChI=1S/C13H26N2O.ClH/c1-16-10-9-15-8-4-7-13(11-15)14-12-5-2-3-6-12;/h12-14H,2-11H2,1H3;1H. The van der Waals surface area contributed by atoms with Gasteiger partial charge in [0.1, 0.15) is 0 Å². The summed E-state index contributed by atoms with van der Waals surface area (Å²) >= 11 is 0. The van der Waals surface area contributed by atoms with Crippen molar-refractivity contribution in [1.29, 1.82) is 0 Å². The van der Waals surface area contributed by atoms with Gasteiger partial charge in [-0.1, -0.05) is 12.8 Å². The minimum atomic E-state index is 0. The van der Waals surface area contributed by atoms with Gasteiger partial charge in [0.25, 0.3) is 0 Å². The average Bonchev–Trinajstić information content (AvgIpc) is 2.80. The minimum absolute atomic E-state index is 0. The summed E-state index contributed by atoms with van der Waals surface area (Å²) in [7, 11) is 1.79. The molecule has 0 aromatic heterocycles. The van der Waals surface area contributed by atoms with E-state index in [0.717, 1.165) is 25.2 Å². The summed E-state index contributed by atoms with van der Waals surface area (Å²) in [5.74, 6) is 0. The van der Waals surface area contributed by atoms with Crippen LogP contribution in [0.2, 0.25) is 0 Å². The van der Waals surface area contributed by atoms with Crippen LogP contribution in [-0.4, -0.2) is 50.3 Å². The number of nitrogens with one attached hydrogen (secondary N) is 1. The van der Waals surface area contributed by atoms with Crippen LogP contribution in [0.25, 0.3) is 0 Å². The third-order valence-electron chi connectivity index (χ3n) is 3.94. The van der Waals surface area contributed by atoms with E-state index in [0.29, 0.717) is 0 Å². The van der Waals surface area contributed by atoms with Crippen LogP contribution in [0.4, 0.5) is 0 Å². The molecular weight excluding hydrogens is 236 g/mol. The Balaban J connectivity index is 0.00000144. The highest BCUT2D eigenvalue weighted by Crippen LogP contribution is 2.20. The van der Waals surface area contributed by atoms with Crippen molar-refractivity contribution in [2.45, 2.75) is 50.6 Å². The Hall–Kier alpha value is 0.170. The molecule has 1 saturated carbocycles. The first-order valence-corrected chi connectivity index (χ1v) is 6.86. The lowest BCUT2D eigenvalue weighted by Gasteiger charge is -2.34. The third kappa shape index (κ3) is 5.12. The largest absolute Gasteiger partial charge is 0.383 e. The fourth-order valence-corrected chi connectivity index (χ4v) is 3.04. The Morgan fingerprint density at radius 1 is 1.12 bits per heavy atom. The number of nitrogens with zero attached hydrogens (tertiary/aromatic N) is 1. The van der Waals surface area contributed by atoms with Gasteiger partial charge in [0, 0.05) is 32.3 Å². The molecule has 0 aromatic rings. The Morgan fingerprint density at radius 3 is 2.53 bits per heavy atom. The van der Waals surface area contributed by atoms with E-state index >= 15 is 0 Å². The van der Waals surface area contributed by atoms with Crippen LogP contribution in [0.1, 0.15) is 38.5 Å². The summed E-state index contributed by atoms with van der Waals surface area (Å²) in [5.41, 5.74) is 0. The van der Waals surface area contributed by atoms with Gasteiger partial charge in [-0.25, -0.2) is 0 Å². The Kier molecular flexibility index (Phi) is 7.44. The molecule has 102 valence electrons. The molecule has 1 unspecified atom stereocenters. The number of hydrogen-bond donors (Lipinski definition) is 1. The van der Waals surface area contributed by atoms with Crippen LogP contribution in [-0.2, 0) is 4.74 Å². The summed E-state index contributed by atoms with van der Waals surface area (Å²) < 4.78 is 5.15. The van der Waals surface area contributed by atoms with Crippen molar-refractivity contribution >= 4 is 12.4 Å². The predicted molar refractivity (Wildman–Crippen MR) is 74.0 cm³/mol. The second-order valence-electron chi connectivity index (χ2n) is 5.28. The van der Waals surface area contributed by atoms with Gasteiger partial charge in [-0.15, -0.1) is 12.4 Å². The highest BCUT2D eigenvalue weighted by Gasteiger charge is 2.23. The second-order valence-corrected chi connectivity index (χ2v) is 5.28. The maximum absolute atomic E-state index is 5.15. The molecule has 1 aliphatic carbocycles. The number of likely N-dealkylation sites (tertiary alicyclic amines) is 1. The van der Waals surface area contributed by atoms with Crippen LogP contribution in [0, 0.1) is 0 Å². The highest BCUT2D eigenvalue weighted by molar-refractivity contribution is 5.85. The molecule has 2 rings (SSSR count). The molecule has 1 atom stereocenters. The number of piperidine rings is 1. The molecular formula is C13H27ClN2O. The number of hydrogen-bond acceptors (Lipinski definition) is 3. The van der Waals surface area contributed by atoms with Crippen molar-refractivity contribution in [3.05, 3.63) is 0 Å². The van der Waals surface area contributed by atoms with Gasteiger partial charge in [-0.2, -0.15) is 0 Å². The monoisotopic (exact) mass is 262 g/mol. The first kappa shape index (κ1) is 15.2. The second kappa shape index (κ2) is 8.30. The zero-order valence-corrected chi connectivity index (χ0v) is 11.8. The summed E-state index contributed by atoms with van der Waals surface area (Å²) in [6.45, 7) is 4.45. The van der Waals surface area contributed by atoms with Crippen LogP contribution >= 0.6 is 12.4 Å². The first-order valence-electron chi connectivity index (χ1n) is 6.86. The van der Waals surface area contributed by atoms with Crippen molar-refractivity contribution in [3.8, 4) is 0 Å². The normalized spacial score (nSPS) is 27.0. The lowest BCUT2D eigenvalue weighted by Crippen LogP contribution is -2.49. The molecule has 0 aromatic carbocycles. The van der Waals surface area contributed by atoms with E-state index in [2.05, 4.69) is 10.2 Å². The maximum atomic E-state index is 5.15. The Bertz CT molecular complexity index is 198. The zero-order chi connectivity index (χ0) is 11.2. The SMILES string of the molecule is COCCN1CCCC(NC2CCCC2)C1.Cl. The van der Waals surface area contributed by atoms with Crippen molar-refractivity contribution < 1.29 is 4.74 Å². The van der Waals surface area contributed by atoms with E-state index in [1.807, 2.05) is 0 Å². The van der Waals surface area contributed by atoms with Gasteiger partial charge in [0.2, 0.25) is 0 Å². The molecule has 0 spiro atoms. The van der Waals surface area contributed by atoms with Gasteiger partial charge < -0.3 is 10.1 Å². The summed E-state index contributed by atoms with van der Waals surface area (Å²) in [6.07, 6.45) is 8.35. The van der Waals surface area contributed by atoms with Gasteiger partial charge in [0.15, 0.2) is 0 Å². The molecule has 17 heavy (non-hydrogen) atoms. The fourth-order valence-electron chi connectivity index (χ4n) is 3.04. The molecule has 3 nitrogen and oxygen atoms in total. The average molecular weight is 263 g/mol. The maximum Gasteiger partial charge on any atom is 0.0589 e. The van der Waals surface area contributed by atoms with Crippen molar-refractivity contribution in [2.75, 3.05) is 33.4 Å². The molecule has 1 aliphatic heterocycles. The van der Waals surface area contributed by atoms with Crippen LogP contribution < -0.4 is 5.32 Å². The number of halogens is 1. The van der Waals surface area contributed by atoms with E-state index in [1.54, 1.807) is 7.11 Å². The fraction of sp³-hybridized carbons (Fsp3) is 1.00. The predicted octanol–water partition coefficient (Wildman–Crippen LogP) is 2.05. The van der Waals surface area contributed by atoms with Gasteiger partial charge >= 0.3 is 0 Å². The number of ether oxygens (including phenoxy) is 1. The van der Waals surface area contributed by atoms with Gasteiger partial charge in [0.05, 0.1) is 6.61 Å². The molecule has 2 fully saturated rings. The van der Waals surface area contributed by atoms with E-state index in [1.165, 1.54) is 51.6 Å². The van der Waals surface area contributed by atoms with Crippen molar-refractivity contribution in [2.24, 2.45) is 0 Å². The van der Waals surface area contributed by atoms with Crippen LogP contribution in [0.3, 0.4) is 0 Å². The van der Waals surface area contributed by atoms with Gasteiger partial charge in [-0.05, 0) is 32.2 Å². The molecule has 0 amide bonds. The molecule has 1 saturated heterocycles. The third-order valence-corrected chi connectivity index (χ3v) is 3.94. The lowest BCUT2D eigenvalue weighted by atomic mass is 10.0. The lowest BCUT2D eigenvalue weighted by molar-refractivity contribution is 0.120. The smallest absolute Gasteiger partial charge is 0.0589 e. The Labute approximate surface area is 112 Å². The summed E-state index contributed by atoms with van der Waals surface area (Å²) in [4.78, 5) is 2.54. The summed E-state index contributed by atoms with van der Waals surface area (Å²) in [5, 5.41) is 3.84. The minimum Gasteiger partial charge on any atom is -0.383 e. The number of rotatable bonds is 5. The van der Waals surface area contributed by atoms with E-state index in [4.69, 9.17) is 4.74 Å². The van der Waals surface area contributed by atoms with Crippen LogP contribution in [0.15, 0.2) is 0 Å². The first-order chi connectivity index (χ1) is 7.88. The van der Waals surface area contributed by atoms with Crippen LogP contribution in [0.5, 0.6) is 0 Å². The van der Waals surface area contributed by atoms with E-state index < -0.39 is 0 Å². The molecule has 2 aliphatic rings. The molecule has 4 heteroatoms. The van der Waals surface area contributed by atoms with Gasteiger partial charge in [-0.3, -0.25) is 4.90 Å². The molecule has 0 radical (unpaired) electrons. The zero-order valence-electron chi connectivity index (χ0n) is 11.0. The van der Waals surface area contributed by atoms with Crippen molar-refractivity contribution in [3.63, 3.8) is 0 Å². The molecule has 1 N–H and O–H groups in total. The quantitative estimate of drug-likeness (QED) is 0.821. The number of methoxy groups -OCH3 is 1.